The third-order valence-electron chi connectivity index (χ3n) is 6.29. The number of para-hydroxylation sites is 2. The molecule has 0 spiro atoms. The number of aromatic nitrogens is 3. The first-order valence-electron chi connectivity index (χ1n) is 12.2. The van der Waals surface area contributed by atoms with Gasteiger partial charge in [-0.15, -0.1) is 0 Å². The van der Waals surface area contributed by atoms with Crippen molar-refractivity contribution in [1.29, 1.82) is 0 Å². The molecule has 0 unspecified atom stereocenters. The zero-order valence-corrected chi connectivity index (χ0v) is 21.5. The van der Waals surface area contributed by atoms with Crippen molar-refractivity contribution in [3.8, 4) is 5.75 Å². The van der Waals surface area contributed by atoms with Gasteiger partial charge < -0.3 is 20.7 Å². The number of hydrogen-bond acceptors (Lipinski definition) is 7. The van der Waals surface area contributed by atoms with E-state index in [1.165, 1.54) is 4.68 Å². The number of amides is 1. The van der Waals surface area contributed by atoms with Gasteiger partial charge in [-0.05, 0) is 53.9 Å². The summed E-state index contributed by atoms with van der Waals surface area (Å²) in [5.74, 6) is 0.645. The van der Waals surface area contributed by atoms with Crippen LogP contribution in [0.15, 0.2) is 77.9 Å². The van der Waals surface area contributed by atoms with Crippen LogP contribution in [0.25, 0.3) is 22.2 Å². The summed E-state index contributed by atoms with van der Waals surface area (Å²) in [6, 6.07) is 23.2. The van der Waals surface area contributed by atoms with E-state index in [0.29, 0.717) is 35.2 Å². The van der Waals surface area contributed by atoms with E-state index in [1.807, 2.05) is 91.8 Å². The molecule has 5 aromatic rings. The summed E-state index contributed by atoms with van der Waals surface area (Å²) < 4.78 is 6.69. The van der Waals surface area contributed by atoms with Crippen LogP contribution >= 0.6 is 0 Å². The number of hydrogen-bond donors (Lipinski definition) is 2. The van der Waals surface area contributed by atoms with Crippen LogP contribution in [0.1, 0.15) is 21.5 Å². The number of carbonyl (C=O) groups excluding carboxylic acids is 1. The number of methoxy groups -OCH3 is 1. The summed E-state index contributed by atoms with van der Waals surface area (Å²) in [4.78, 5) is 24.9. The predicted molar refractivity (Wildman–Crippen MR) is 152 cm³/mol. The molecule has 3 aromatic carbocycles. The molecule has 0 radical (unpaired) electrons. The minimum Gasteiger partial charge on any atom is -0.497 e. The SMILES string of the molecule is COc1ccc(CCNC(=O)c2c(N)n(N=Cc3ccc(N(C)C)cc3)c3nc4ccccc4nc23)cc1. The van der Waals surface area contributed by atoms with Crippen LogP contribution in [0.4, 0.5) is 11.5 Å². The Labute approximate surface area is 220 Å². The van der Waals surface area contributed by atoms with E-state index in [4.69, 9.17) is 20.4 Å². The first kappa shape index (κ1) is 24.8. The van der Waals surface area contributed by atoms with Crippen molar-refractivity contribution in [3.63, 3.8) is 0 Å². The molecule has 9 nitrogen and oxygen atoms in total. The average Bonchev–Trinajstić information content (AvgIpc) is 3.20. The molecule has 1 amide bonds. The van der Waals surface area contributed by atoms with Gasteiger partial charge in [0.05, 0.1) is 24.4 Å². The molecular weight excluding hydrogens is 478 g/mol. The number of anilines is 2. The van der Waals surface area contributed by atoms with Gasteiger partial charge in [-0.1, -0.05) is 36.4 Å². The van der Waals surface area contributed by atoms with Crippen LogP contribution in [0.3, 0.4) is 0 Å². The summed E-state index contributed by atoms with van der Waals surface area (Å²) in [5, 5.41) is 7.56. The van der Waals surface area contributed by atoms with E-state index in [1.54, 1.807) is 13.3 Å². The molecular formula is C29H29N7O2. The molecule has 5 rings (SSSR count). The normalized spacial score (nSPS) is 11.3. The highest BCUT2D eigenvalue weighted by Gasteiger charge is 2.24. The molecule has 0 aliphatic heterocycles. The second-order valence-electron chi connectivity index (χ2n) is 9.04. The van der Waals surface area contributed by atoms with Gasteiger partial charge in [0.15, 0.2) is 5.65 Å². The maximum Gasteiger partial charge on any atom is 0.257 e. The second kappa shape index (κ2) is 10.6. The lowest BCUT2D eigenvalue weighted by atomic mass is 10.1. The summed E-state index contributed by atoms with van der Waals surface area (Å²) in [7, 11) is 5.61. The molecule has 0 saturated heterocycles. The Morgan fingerprint density at radius 1 is 1.03 bits per heavy atom. The van der Waals surface area contributed by atoms with E-state index < -0.39 is 0 Å². The molecule has 3 N–H and O–H groups in total. The van der Waals surface area contributed by atoms with Crippen LogP contribution in [-0.4, -0.2) is 54.5 Å². The van der Waals surface area contributed by atoms with Crippen molar-refractivity contribution in [2.24, 2.45) is 5.10 Å². The van der Waals surface area contributed by atoms with E-state index in [2.05, 4.69) is 10.4 Å². The molecule has 9 heteroatoms. The van der Waals surface area contributed by atoms with Crippen molar-refractivity contribution in [2.75, 3.05) is 38.4 Å². The monoisotopic (exact) mass is 507 g/mol. The lowest BCUT2D eigenvalue weighted by Gasteiger charge is -2.11. The standard InChI is InChI=1S/C29H29N7O2/c1-35(2)21-12-8-20(9-13-21)18-32-36-27(30)25(26-28(36)34-24-7-5-4-6-23(24)33-26)29(37)31-17-16-19-10-14-22(38-3)15-11-19/h4-15,18H,16-17,30H2,1-3H3,(H,31,37). The Morgan fingerprint density at radius 3 is 2.37 bits per heavy atom. The molecule has 0 saturated carbocycles. The van der Waals surface area contributed by atoms with Gasteiger partial charge in [0, 0.05) is 26.3 Å². The van der Waals surface area contributed by atoms with Gasteiger partial charge in [0.2, 0.25) is 0 Å². The summed E-state index contributed by atoms with van der Waals surface area (Å²) >= 11 is 0. The van der Waals surface area contributed by atoms with Crippen molar-refractivity contribution in [2.45, 2.75) is 6.42 Å². The third kappa shape index (κ3) is 4.99. The van der Waals surface area contributed by atoms with Crippen molar-refractivity contribution in [1.82, 2.24) is 20.0 Å². The molecule has 0 atom stereocenters. The highest BCUT2D eigenvalue weighted by atomic mass is 16.5. The quantitative estimate of drug-likeness (QED) is 0.306. The number of ether oxygens (including phenoxy) is 1. The van der Waals surface area contributed by atoms with Crippen LogP contribution in [0, 0.1) is 0 Å². The highest BCUT2D eigenvalue weighted by Crippen LogP contribution is 2.28. The maximum absolute atomic E-state index is 13.3. The Bertz CT molecular complexity index is 1620. The fourth-order valence-corrected chi connectivity index (χ4v) is 4.17. The van der Waals surface area contributed by atoms with E-state index in [9.17, 15) is 4.79 Å². The molecule has 0 fully saturated rings. The largest absolute Gasteiger partial charge is 0.497 e. The van der Waals surface area contributed by atoms with E-state index >= 15 is 0 Å². The van der Waals surface area contributed by atoms with Crippen molar-refractivity contribution in [3.05, 3.63) is 89.5 Å². The van der Waals surface area contributed by atoms with Crippen LogP contribution < -0.4 is 20.7 Å². The molecule has 2 aromatic heterocycles. The third-order valence-corrected chi connectivity index (χ3v) is 6.29. The Kier molecular flexibility index (Phi) is 6.90. The first-order chi connectivity index (χ1) is 18.4. The van der Waals surface area contributed by atoms with Crippen LogP contribution in [0.5, 0.6) is 5.75 Å². The first-order valence-corrected chi connectivity index (χ1v) is 12.2. The van der Waals surface area contributed by atoms with Gasteiger partial charge >= 0.3 is 0 Å². The smallest absolute Gasteiger partial charge is 0.257 e. The minimum atomic E-state index is -0.324. The number of nitrogens with zero attached hydrogens (tertiary/aromatic N) is 5. The fourth-order valence-electron chi connectivity index (χ4n) is 4.17. The molecule has 0 aliphatic carbocycles. The lowest BCUT2D eigenvalue weighted by Crippen LogP contribution is -2.26. The summed E-state index contributed by atoms with van der Waals surface area (Å²) in [6.45, 7) is 0.430. The number of nitrogens with two attached hydrogens (primary N) is 1. The maximum atomic E-state index is 13.3. The predicted octanol–water partition coefficient (Wildman–Crippen LogP) is 4.10. The van der Waals surface area contributed by atoms with Gasteiger partial charge in [-0.2, -0.15) is 9.78 Å². The lowest BCUT2D eigenvalue weighted by molar-refractivity contribution is 0.0956. The summed E-state index contributed by atoms with van der Waals surface area (Å²) in [6.07, 6.45) is 2.35. The molecule has 192 valence electrons. The number of nitrogens with one attached hydrogen (secondary N) is 1. The number of carbonyl (C=O) groups is 1. The van der Waals surface area contributed by atoms with E-state index in [-0.39, 0.29) is 17.3 Å². The molecule has 0 bridgehead atoms. The van der Waals surface area contributed by atoms with Gasteiger partial charge in [0.1, 0.15) is 22.6 Å². The molecule has 38 heavy (non-hydrogen) atoms. The Morgan fingerprint density at radius 2 is 1.71 bits per heavy atom. The Hall–Kier alpha value is -4.92. The number of fused-ring (bicyclic) bond motifs is 2. The van der Waals surface area contributed by atoms with Gasteiger partial charge in [-0.25, -0.2) is 9.97 Å². The zero-order valence-electron chi connectivity index (χ0n) is 21.5. The number of benzene rings is 3. The van der Waals surface area contributed by atoms with E-state index in [0.717, 1.165) is 22.6 Å². The molecule has 2 heterocycles. The number of rotatable bonds is 8. The van der Waals surface area contributed by atoms with Crippen LogP contribution in [-0.2, 0) is 6.42 Å². The fraction of sp³-hybridized carbons (Fsp3) is 0.172. The molecule has 0 aliphatic rings. The Balaban J connectivity index is 1.47. The minimum absolute atomic E-state index is 0.179. The number of nitrogen functional groups attached to an aromatic ring is 1. The zero-order chi connectivity index (χ0) is 26.6. The average molecular weight is 508 g/mol. The van der Waals surface area contributed by atoms with Crippen LogP contribution in [0.2, 0.25) is 0 Å². The van der Waals surface area contributed by atoms with Gasteiger partial charge in [0.25, 0.3) is 5.91 Å². The van der Waals surface area contributed by atoms with Crippen molar-refractivity contribution < 1.29 is 9.53 Å². The van der Waals surface area contributed by atoms with Crippen molar-refractivity contribution >= 4 is 45.8 Å². The summed E-state index contributed by atoms with van der Waals surface area (Å²) in [5.41, 5.74) is 12.0. The second-order valence-corrected chi connectivity index (χ2v) is 9.04. The highest BCUT2D eigenvalue weighted by molar-refractivity contribution is 6.10. The topological polar surface area (TPSA) is 111 Å². The van der Waals surface area contributed by atoms with Gasteiger partial charge in [-0.3, -0.25) is 4.79 Å².